The summed E-state index contributed by atoms with van der Waals surface area (Å²) in [4.78, 5) is 73.0. The lowest BCUT2D eigenvalue weighted by atomic mass is 10.1. The van der Waals surface area contributed by atoms with E-state index >= 15 is 0 Å². The van der Waals surface area contributed by atoms with Gasteiger partial charge in [-0.25, -0.2) is 0 Å². The van der Waals surface area contributed by atoms with Gasteiger partial charge in [-0.3, -0.25) is 43.9 Å². The van der Waals surface area contributed by atoms with Crippen LogP contribution < -0.4 is 5.32 Å². The molecule has 4 rings (SSSR count). The second-order valence-electron chi connectivity index (χ2n) is 6.66. The summed E-state index contributed by atoms with van der Waals surface area (Å²) in [7, 11) is 1.34. The standard InChI is InChI=1S/C19H12N4O7/c1-21-16(25)11-4-2-9(6-13(11)17(21)26)20-15(24)8-22-18(27)12-5-3-10(23(29)30)7-14(12)19(22)28/h2-7H,8H2,1H3,(H,20,24). The van der Waals surface area contributed by atoms with Crippen LogP contribution in [-0.2, 0) is 4.79 Å². The Bertz CT molecular complexity index is 1200. The van der Waals surface area contributed by atoms with Crippen molar-refractivity contribution in [2.45, 2.75) is 0 Å². The highest BCUT2D eigenvalue weighted by atomic mass is 16.6. The summed E-state index contributed by atoms with van der Waals surface area (Å²) < 4.78 is 0. The third-order valence-corrected chi connectivity index (χ3v) is 4.84. The number of carbonyl (C=O) groups excluding carboxylic acids is 5. The van der Waals surface area contributed by atoms with Crippen LogP contribution in [0.4, 0.5) is 11.4 Å². The Morgan fingerprint density at radius 3 is 2.17 bits per heavy atom. The van der Waals surface area contributed by atoms with Crippen molar-refractivity contribution in [1.29, 1.82) is 0 Å². The summed E-state index contributed by atoms with van der Waals surface area (Å²) in [6.07, 6.45) is 0. The number of imide groups is 2. The molecule has 30 heavy (non-hydrogen) atoms. The van der Waals surface area contributed by atoms with Crippen molar-refractivity contribution in [2.24, 2.45) is 0 Å². The van der Waals surface area contributed by atoms with Gasteiger partial charge in [0, 0.05) is 24.9 Å². The topological polar surface area (TPSA) is 147 Å². The molecular weight excluding hydrogens is 396 g/mol. The third-order valence-electron chi connectivity index (χ3n) is 4.84. The first-order valence-corrected chi connectivity index (χ1v) is 8.60. The molecule has 2 heterocycles. The molecule has 0 aromatic heterocycles. The van der Waals surface area contributed by atoms with E-state index in [2.05, 4.69) is 5.32 Å². The highest BCUT2D eigenvalue weighted by Gasteiger charge is 2.38. The van der Waals surface area contributed by atoms with Gasteiger partial charge in [-0.1, -0.05) is 0 Å². The molecule has 0 aliphatic carbocycles. The Hall–Kier alpha value is -4.41. The number of carbonyl (C=O) groups is 5. The minimum atomic E-state index is -0.815. The number of hydrogen-bond acceptors (Lipinski definition) is 7. The van der Waals surface area contributed by atoms with Gasteiger partial charge in [-0.05, 0) is 24.3 Å². The Balaban J connectivity index is 1.51. The number of non-ortho nitro benzene ring substituents is 1. The SMILES string of the molecule is CN1C(=O)c2ccc(NC(=O)CN3C(=O)c4ccc([N+](=O)[O-])cc4C3=O)cc2C1=O. The largest absolute Gasteiger partial charge is 0.325 e. The van der Waals surface area contributed by atoms with Crippen LogP contribution in [0.25, 0.3) is 0 Å². The number of rotatable bonds is 4. The molecule has 11 nitrogen and oxygen atoms in total. The van der Waals surface area contributed by atoms with Gasteiger partial charge >= 0.3 is 0 Å². The average Bonchev–Trinajstić information content (AvgIpc) is 3.08. The van der Waals surface area contributed by atoms with Gasteiger partial charge in [0.25, 0.3) is 29.3 Å². The number of nitrogens with zero attached hydrogens (tertiary/aromatic N) is 3. The van der Waals surface area contributed by atoms with Crippen LogP contribution in [0.1, 0.15) is 41.4 Å². The highest BCUT2D eigenvalue weighted by Crippen LogP contribution is 2.27. The van der Waals surface area contributed by atoms with Gasteiger partial charge < -0.3 is 5.32 Å². The Morgan fingerprint density at radius 1 is 0.900 bits per heavy atom. The lowest BCUT2D eigenvalue weighted by molar-refractivity contribution is -0.384. The Labute approximate surface area is 168 Å². The summed E-state index contributed by atoms with van der Waals surface area (Å²) in [5, 5.41) is 13.4. The van der Waals surface area contributed by atoms with E-state index in [1.807, 2.05) is 0 Å². The number of fused-ring (bicyclic) bond motifs is 2. The molecule has 2 aliphatic heterocycles. The molecular formula is C19H12N4O7. The van der Waals surface area contributed by atoms with Gasteiger partial charge in [0.15, 0.2) is 0 Å². The minimum Gasteiger partial charge on any atom is -0.325 e. The number of amides is 5. The molecule has 0 atom stereocenters. The van der Waals surface area contributed by atoms with Crippen LogP contribution in [0.15, 0.2) is 36.4 Å². The van der Waals surface area contributed by atoms with E-state index in [-0.39, 0.29) is 33.6 Å². The van der Waals surface area contributed by atoms with Crippen molar-refractivity contribution < 1.29 is 28.9 Å². The van der Waals surface area contributed by atoms with Gasteiger partial charge in [-0.15, -0.1) is 0 Å². The van der Waals surface area contributed by atoms with Gasteiger partial charge in [-0.2, -0.15) is 0 Å². The maximum atomic E-state index is 12.5. The molecule has 150 valence electrons. The lowest BCUT2D eigenvalue weighted by Crippen LogP contribution is -2.37. The van der Waals surface area contributed by atoms with Gasteiger partial charge in [0.1, 0.15) is 6.54 Å². The molecule has 0 radical (unpaired) electrons. The summed E-state index contributed by atoms with van der Waals surface area (Å²) in [5.41, 5.74) is 0.0384. The van der Waals surface area contributed by atoms with Crippen LogP contribution in [0, 0.1) is 10.1 Å². The Morgan fingerprint density at radius 2 is 1.47 bits per heavy atom. The van der Waals surface area contributed by atoms with Crippen molar-refractivity contribution in [1.82, 2.24) is 9.80 Å². The quantitative estimate of drug-likeness (QED) is 0.452. The monoisotopic (exact) mass is 408 g/mol. The predicted octanol–water partition coefficient (Wildman–Crippen LogP) is 1.06. The normalized spacial score (nSPS) is 14.8. The summed E-state index contributed by atoms with van der Waals surface area (Å²) >= 11 is 0. The first kappa shape index (κ1) is 18.9. The maximum absolute atomic E-state index is 12.5. The molecule has 0 saturated heterocycles. The molecule has 0 fully saturated rings. The van der Waals surface area contributed by atoms with E-state index in [4.69, 9.17) is 0 Å². The molecule has 0 unspecified atom stereocenters. The summed E-state index contributed by atoms with van der Waals surface area (Å²) in [6.45, 7) is -0.621. The van der Waals surface area contributed by atoms with Crippen molar-refractivity contribution in [2.75, 3.05) is 18.9 Å². The maximum Gasteiger partial charge on any atom is 0.270 e. The zero-order valence-corrected chi connectivity index (χ0v) is 15.4. The number of nitro groups is 1. The van der Waals surface area contributed by atoms with Crippen LogP contribution >= 0.6 is 0 Å². The Kier molecular flexibility index (Phi) is 4.15. The van der Waals surface area contributed by atoms with Crippen molar-refractivity contribution in [3.8, 4) is 0 Å². The van der Waals surface area contributed by atoms with E-state index in [1.54, 1.807) is 0 Å². The fourth-order valence-electron chi connectivity index (χ4n) is 3.32. The van der Waals surface area contributed by atoms with Gasteiger partial charge in [0.05, 0.1) is 27.2 Å². The number of anilines is 1. The molecule has 2 aromatic carbocycles. The number of benzene rings is 2. The number of nitrogens with one attached hydrogen (secondary N) is 1. The molecule has 2 aliphatic rings. The zero-order chi connectivity index (χ0) is 21.7. The van der Waals surface area contributed by atoms with Crippen molar-refractivity contribution in [3.05, 3.63) is 68.8 Å². The molecule has 1 N–H and O–H groups in total. The second kappa shape index (κ2) is 6.58. The van der Waals surface area contributed by atoms with Crippen LogP contribution in [0.2, 0.25) is 0 Å². The molecule has 2 aromatic rings. The summed E-state index contributed by atoms with van der Waals surface area (Å²) in [6, 6.07) is 7.43. The van der Waals surface area contributed by atoms with E-state index in [9.17, 15) is 34.1 Å². The smallest absolute Gasteiger partial charge is 0.270 e. The fraction of sp³-hybridized carbons (Fsp3) is 0.105. The highest BCUT2D eigenvalue weighted by molar-refractivity contribution is 6.23. The minimum absolute atomic E-state index is 0.0249. The molecule has 11 heteroatoms. The van der Waals surface area contributed by atoms with Gasteiger partial charge in [0.2, 0.25) is 5.91 Å². The predicted molar refractivity (Wildman–Crippen MR) is 100.0 cm³/mol. The number of hydrogen-bond donors (Lipinski definition) is 1. The first-order chi connectivity index (χ1) is 14.2. The second-order valence-corrected chi connectivity index (χ2v) is 6.66. The lowest BCUT2D eigenvalue weighted by Gasteiger charge is -2.13. The molecule has 0 spiro atoms. The third kappa shape index (κ3) is 2.80. The van der Waals surface area contributed by atoms with E-state index in [0.29, 0.717) is 4.90 Å². The van der Waals surface area contributed by atoms with Crippen LogP contribution in [0.5, 0.6) is 0 Å². The molecule has 5 amide bonds. The fourth-order valence-corrected chi connectivity index (χ4v) is 3.32. The van der Waals surface area contributed by atoms with Crippen molar-refractivity contribution in [3.63, 3.8) is 0 Å². The van der Waals surface area contributed by atoms with E-state index < -0.39 is 41.0 Å². The van der Waals surface area contributed by atoms with Crippen molar-refractivity contribution >= 4 is 40.9 Å². The van der Waals surface area contributed by atoms with E-state index in [1.165, 1.54) is 31.3 Å². The first-order valence-electron chi connectivity index (χ1n) is 8.60. The summed E-state index contributed by atoms with van der Waals surface area (Å²) in [5.74, 6) is -3.23. The molecule has 0 saturated carbocycles. The van der Waals surface area contributed by atoms with E-state index in [0.717, 1.165) is 17.0 Å². The van der Waals surface area contributed by atoms with Crippen LogP contribution in [-0.4, -0.2) is 57.9 Å². The molecule has 0 bridgehead atoms. The zero-order valence-electron chi connectivity index (χ0n) is 15.4. The number of nitro benzene ring substituents is 1. The van der Waals surface area contributed by atoms with Crippen LogP contribution in [0.3, 0.4) is 0 Å². The average molecular weight is 408 g/mol.